The highest BCUT2D eigenvalue weighted by atomic mass is 35.5. The maximum absolute atomic E-state index is 6.24. The van der Waals surface area contributed by atoms with Gasteiger partial charge < -0.3 is 15.2 Å². The Kier molecular flexibility index (Phi) is 4.66. The standard InChI is InChI=1S/C15H16ClNO2/c1-18-8-9-19-15-5-3-2-4-13(15)12-7-6-11(17)10-14(12)16/h2-7,10H,8-9,17H2,1H3. The minimum atomic E-state index is 0.500. The van der Waals surface area contributed by atoms with Crippen molar-refractivity contribution in [3.63, 3.8) is 0 Å². The zero-order valence-electron chi connectivity index (χ0n) is 10.7. The molecule has 0 aromatic heterocycles. The van der Waals surface area contributed by atoms with E-state index in [1.807, 2.05) is 36.4 Å². The van der Waals surface area contributed by atoms with Gasteiger partial charge in [0, 0.05) is 23.9 Å². The van der Waals surface area contributed by atoms with Crippen LogP contribution < -0.4 is 10.5 Å². The SMILES string of the molecule is COCCOc1ccccc1-c1ccc(N)cc1Cl. The van der Waals surface area contributed by atoms with Crippen molar-refractivity contribution in [1.29, 1.82) is 0 Å². The van der Waals surface area contributed by atoms with E-state index in [-0.39, 0.29) is 0 Å². The number of hydrogen-bond acceptors (Lipinski definition) is 3. The van der Waals surface area contributed by atoms with Crippen molar-refractivity contribution in [3.05, 3.63) is 47.5 Å². The maximum atomic E-state index is 6.24. The predicted octanol–water partition coefficient (Wildman–Crippen LogP) is 3.61. The molecule has 0 amide bonds. The van der Waals surface area contributed by atoms with Gasteiger partial charge in [0.2, 0.25) is 0 Å². The molecular weight excluding hydrogens is 262 g/mol. The van der Waals surface area contributed by atoms with Crippen LogP contribution in [0.15, 0.2) is 42.5 Å². The second kappa shape index (κ2) is 6.45. The van der Waals surface area contributed by atoms with Crippen molar-refractivity contribution in [2.45, 2.75) is 0 Å². The van der Waals surface area contributed by atoms with Crippen molar-refractivity contribution in [2.24, 2.45) is 0 Å². The molecule has 0 bridgehead atoms. The van der Waals surface area contributed by atoms with Crippen LogP contribution in [0, 0.1) is 0 Å². The van der Waals surface area contributed by atoms with Crippen LogP contribution in [0.3, 0.4) is 0 Å². The Morgan fingerprint density at radius 2 is 1.84 bits per heavy atom. The molecule has 0 saturated heterocycles. The van der Waals surface area contributed by atoms with Crippen molar-refractivity contribution < 1.29 is 9.47 Å². The Hall–Kier alpha value is -1.71. The zero-order chi connectivity index (χ0) is 13.7. The first-order valence-electron chi connectivity index (χ1n) is 5.98. The first-order valence-corrected chi connectivity index (χ1v) is 6.36. The number of nitrogen functional groups attached to an aromatic ring is 1. The molecule has 100 valence electrons. The summed E-state index contributed by atoms with van der Waals surface area (Å²) in [5.74, 6) is 0.784. The number of para-hydroxylation sites is 1. The first kappa shape index (κ1) is 13.7. The van der Waals surface area contributed by atoms with Crippen LogP contribution in [-0.2, 0) is 4.74 Å². The highest BCUT2D eigenvalue weighted by Gasteiger charge is 2.09. The van der Waals surface area contributed by atoms with E-state index >= 15 is 0 Å². The Balaban J connectivity index is 2.33. The number of ether oxygens (including phenoxy) is 2. The molecule has 4 heteroatoms. The van der Waals surface area contributed by atoms with Gasteiger partial charge in [-0.05, 0) is 18.2 Å². The van der Waals surface area contributed by atoms with E-state index in [1.165, 1.54) is 0 Å². The van der Waals surface area contributed by atoms with Crippen LogP contribution >= 0.6 is 11.6 Å². The minimum Gasteiger partial charge on any atom is -0.491 e. The van der Waals surface area contributed by atoms with E-state index in [1.54, 1.807) is 13.2 Å². The van der Waals surface area contributed by atoms with E-state index in [2.05, 4.69) is 0 Å². The summed E-state index contributed by atoms with van der Waals surface area (Å²) in [7, 11) is 1.64. The lowest BCUT2D eigenvalue weighted by Crippen LogP contribution is -2.05. The minimum absolute atomic E-state index is 0.500. The quantitative estimate of drug-likeness (QED) is 0.671. The Morgan fingerprint density at radius 3 is 2.58 bits per heavy atom. The monoisotopic (exact) mass is 277 g/mol. The normalized spacial score (nSPS) is 10.4. The van der Waals surface area contributed by atoms with Crippen molar-refractivity contribution in [3.8, 4) is 16.9 Å². The summed E-state index contributed by atoms with van der Waals surface area (Å²) in [6.45, 7) is 1.05. The van der Waals surface area contributed by atoms with Gasteiger partial charge in [0.05, 0.1) is 11.6 Å². The summed E-state index contributed by atoms with van der Waals surface area (Å²) >= 11 is 6.24. The van der Waals surface area contributed by atoms with E-state index < -0.39 is 0 Å². The summed E-state index contributed by atoms with van der Waals surface area (Å²) in [5.41, 5.74) is 8.21. The van der Waals surface area contributed by atoms with Gasteiger partial charge in [-0.25, -0.2) is 0 Å². The lowest BCUT2D eigenvalue weighted by molar-refractivity contribution is 0.146. The summed E-state index contributed by atoms with van der Waals surface area (Å²) < 4.78 is 10.7. The van der Waals surface area contributed by atoms with Crippen LogP contribution in [0.2, 0.25) is 5.02 Å². The number of anilines is 1. The number of halogens is 1. The highest BCUT2D eigenvalue weighted by Crippen LogP contribution is 2.35. The average Bonchev–Trinajstić information content (AvgIpc) is 2.40. The van der Waals surface area contributed by atoms with Gasteiger partial charge in [0.1, 0.15) is 12.4 Å². The third-order valence-corrected chi connectivity index (χ3v) is 3.03. The van der Waals surface area contributed by atoms with E-state index in [9.17, 15) is 0 Å². The molecule has 2 aromatic rings. The van der Waals surface area contributed by atoms with Crippen LogP contribution in [0.5, 0.6) is 5.75 Å². The molecular formula is C15H16ClNO2. The summed E-state index contributed by atoms with van der Waals surface area (Å²) in [5, 5.41) is 0.614. The summed E-state index contributed by atoms with van der Waals surface area (Å²) in [4.78, 5) is 0. The number of benzene rings is 2. The van der Waals surface area contributed by atoms with E-state index in [0.29, 0.717) is 23.9 Å². The number of rotatable bonds is 5. The Labute approximate surface area is 117 Å². The van der Waals surface area contributed by atoms with Gasteiger partial charge in [-0.2, -0.15) is 0 Å². The Bertz CT molecular complexity index is 558. The molecule has 2 rings (SSSR count). The second-order valence-corrected chi connectivity index (χ2v) is 4.48. The third kappa shape index (κ3) is 3.40. The van der Waals surface area contributed by atoms with Gasteiger partial charge in [0.15, 0.2) is 0 Å². The van der Waals surface area contributed by atoms with Crippen molar-refractivity contribution >= 4 is 17.3 Å². The van der Waals surface area contributed by atoms with Gasteiger partial charge in [-0.15, -0.1) is 0 Å². The number of hydrogen-bond donors (Lipinski definition) is 1. The van der Waals surface area contributed by atoms with Crippen molar-refractivity contribution in [1.82, 2.24) is 0 Å². The highest BCUT2D eigenvalue weighted by molar-refractivity contribution is 6.33. The second-order valence-electron chi connectivity index (χ2n) is 4.08. The summed E-state index contributed by atoms with van der Waals surface area (Å²) in [6, 6.07) is 13.2. The van der Waals surface area contributed by atoms with E-state index in [4.69, 9.17) is 26.8 Å². The molecule has 0 fully saturated rings. The van der Waals surface area contributed by atoms with E-state index in [0.717, 1.165) is 16.9 Å². The van der Waals surface area contributed by atoms with Gasteiger partial charge in [0.25, 0.3) is 0 Å². The molecule has 19 heavy (non-hydrogen) atoms. The zero-order valence-corrected chi connectivity index (χ0v) is 11.5. The van der Waals surface area contributed by atoms with Crippen LogP contribution in [0.1, 0.15) is 0 Å². The fourth-order valence-electron chi connectivity index (χ4n) is 1.80. The van der Waals surface area contributed by atoms with Crippen LogP contribution in [0.4, 0.5) is 5.69 Å². The topological polar surface area (TPSA) is 44.5 Å². The molecule has 0 aliphatic heterocycles. The predicted molar refractivity (Wildman–Crippen MR) is 78.7 cm³/mol. The van der Waals surface area contributed by atoms with Crippen LogP contribution in [-0.4, -0.2) is 20.3 Å². The number of methoxy groups -OCH3 is 1. The molecule has 0 aliphatic rings. The number of nitrogens with two attached hydrogens (primary N) is 1. The molecule has 2 aromatic carbocycles. The molecule has 0 radical (unpaired) electrons. The average molecular weight is 278 g/mol. The molecule has 0 heterocycles. The Morgan fingerprint density at radius 1 is 1.05 bits per heavy atom. The largest absolute Gasteiger partial charge is 0.491 e. The van der Waals surface area contributed by atoms with Crippen LogP contribution in [0.25, 0.3) is 11.1 Å². The lowest BCUT2D eigenvalue weighted by Gasteiger charge is -2.12. The lowest BCUT2D eigenvalue weighted by atomic mass is 10.0. The van der Waals surface area contributed by atoms with Gasteiger partial charge in [-0.1, -0.05) is 35.9 Å². The summed E-state index contributed by atoms with van der Waals surface area (Å²) in [6.07, 6.45) is 0. The smallest absolute Gasteiger partial charge is 0.127 e. The molecule has 0 aliphatic carbocycles. The molecule has 0 saturated carbocycles. The molecule has 3 nitrogen and oxygen atoms in total. The molecule has 0 spiro atoms. The molecule has 0 atom stereocenters. The van der Waals surface area contributed by atoms with Crippen molar-refractivity contribution in [2.75, 3.05) is 26.1 Å². The first-order chi connectivity index (χ1) is 9.22. The maximum Gasteiger partial charge on any atom is 0.127 e. The fraction of sp³-hybridized carbons (Fsp3) is 0.200. The van der Waals surface area contributed by atoms with Gasteiger partial charge in [-0.3, -0.25) is 0 Å². The third-order valence-electron chi connectivity index (χ3n) is 2.72. The molecule has 0 unspecified atom stereocenters. The molecule has 2 N–H and O–H groups in total. The van der Waals surface area contributed by atoms with Gasteiger partial charge >= 0.3 is 0 Å². The fourth-order valence-corrected chi connectivity index (χ4v) is 2.09.